The highest BCUT2D eigenvalue weighted by Gasteiger charge is 2.38. The second kappa shape index (κ2) is 10.9. The summed E-state index contributed by atoms with van der Waals surface area (Å²) in [5.41, 5.74) is -0.0232. The lowest BCUT2D eigenvalue weighted by Gasteiger charge is -2.26. The predicted molar refractivity (Wildman–Crippen MR) is 120 cm³/mol. The van der Waals surface area contributed by atoms with Crippen LogP contribution in [0.5, 0.6) is 0 Å². The minimum Gasteiger partial charge on any atom is -0.477 e. The molecule has 33 heavy (non-hydrogen) atoms. The lowest BCUT2D eigenvalue weighted by molar-refractivity contribution is -0.129. The van der Waals surface area contributed by atoms with Crippen molar-refractivity contribution in [1.29, 1.82) is 0 Å². The molecule has 1 aromatic rings. The summed E-state index contributed by atoms with van der Waals surface area (Å²) < 4.78 is 39.5. The molecule has 2 heterocycles. The average molecular weight is 486 g/mol. The number of carbonyl (C=O) groups is 2. The molecule has 1 fully saturated rings. The van der Waals surface area contributed by atoms with E-state index in [4.69, 9.17) is 5.11 Å². The molecule has 9 heteroatoms. The topological polar surface area (TPSA) is 77.8 Å². The zero-order valence-electron chi connectivity index (χ0n) is 18.6. The second-order valence-corrected chi connectivity index (χ2v) is 10.1. The largest absolute Gasteiger partial charge is 0.477 e. The maximum absolute atomic E-state index is 13.2. The molecule has 2 N–H and O–H groups in total. The predicted octanol–water partition coefficient (Wildman–Crippen LogP) is 5.36. The van der Waals surface area contributed by atoms with Crippen LogP contribution in [0.15, 0.2) is 35.4 Å². The third-order valence-electron chi connectivity index (χ3n) is 6.38. The van der Waals surface area contributed by atoms with Gasteiger partial charge in [-0.15, -0.1) is 11.3 Å². The summed E-state index contributed by atoms with van der Waals surface area (Å²) in [7, 11) is 0. The fraction of sp³-hybridized carbons (Fsp3) is 0.583. The van der Waals surface area contributed by atoms with Crippen LogP contribution in [0.1, 0.15) is 66.4 Å². The van der Waals surface area contributed by atoms with Crippen LogP contribution in [0.3, 0.4) is 0 Å². The van der Waals surface area contributed by atoms with Gasteiger partial charge in [0.1, 0.15) is 4.88 Å². The summed E-state index contributed by atoms with van der Waals surface area (Å²) in [5.74, 6) is -1.44. The van der Waals surface area contributed by atoms with E-state index in [2.05, 4.69) is 0 Å². The Labute approximate surface area is 195 Å². The first-order valence-corrected chi connectivity index (χ1v) is 12.1. The molecule has 5 nitrogen and oxygen atoms in total. The fourth-order valence-corrected chi connectivity index (χ4v) is 5.46. The highest BCUT2D eigenvalue weighted by atomic mass is 32.1. The van der Waals surface area contributed by atoms with Crippen LogP contribution >= 0.6 is 11.3 Å². The minimum absolute atomic E-state index is 0.0201. The van der Waals surface area contributed by atoms with Gasteiger partial charge >= 0.3 is 12.1 Å². The number of halogens is 3. The van der Waals surface area contributed by atoms with Crippen molar-refractivity contribution in [3.8, 4) is 0 Å². The third-order valence-corrected chi connectivity index (χ3v) is 7.52. The summed E-state index contributed by atoms with van der Waals surface area (Å²) in [6.07, 6.45) is 1.94. The molecule has 1 amide bonds. The first-order valence-electron chi connectivity index (χ1n) is 11.3. The van der Waals surface area contributed by atoms with Crippen LogP contribution in [-0.2, 0) is 11.2 Å². The Bertz CT molecular complexity index is 921. The smallest absolute Gasteiger partial charge is 0.412 e. The van der Waals surface area contributed by atoms with Crippen LogP contribution in [0, 0.1) is 5.92 Å². The zero-order chi connectivity index (χ0) is 24.2. The van der Waals surface area contributed by atoms with Crippen molar-refractivity contribution < 1.29 is 33.0 Å². The molecule has 1 unspecified atom stereocenters. The van der Waals surface area contributed by atoms with Gasteiger partial charge in [0.15, 0.2) is 0 Å². The highest BCUT2D eigenvalue weighted by molar-refractivity contribution is 7.13. The van der Waals surface area contributed by atoms with Crippen LogP contribution in [0.2, 0.25) is 0 Å². The summed E-state index contributed by atoms with van der Waals surface area (Å²) in [5, 5.41) is 19.5. The molecule has 1 aliphatic carbocycles. The number of aliphatic hydroxyl groups is 1. The second-order valence-electron chi connectivity index (χ2n) is 8.90. The molecule has 182 valence electrons. The molecule has 0 aromatic carbocycles. The number of aromatic carboxylic acids is 1. The van der Waals surface area contributed by atoms with Crippen LogP contribution in [-0.4, -0.2) is 51.9 Å². The van der Waals surface area contributed by atoms with Crippen molar-refractivity contribution in [3.63, 3.8) is 0 Å². The van der Waals surface area contributed by atoms with E-state index >= 15 is 0 Å². The van der Waals surface area contributed by atoms with Crippen molar-refractivity contribution >= 4 is 23.2 Å². The Hall–Kier alpha value is -2.13. The molecule has 1 aliphatic heterocycles. The van der Waals surface area contributed by atoms with E-state index in [0.29, 0.717) is 55.5 Å². The zero-order valence-corrected chi connectivity index (χ0v) is 19.4. The minimum atomic E-state index is -4.35. The van der Waals surface area contributed by atoms with Crippen molar-refractivity contribution in [2.75, 3.05) is 6.54 Å². The number of aryl methyl sites for hydroxylation is 1. The van der Waals surface area contributed by atoms with E-state index in [9.17, 15) is 27.9 Å². The Morgan fingerprint density at radius 3 is 2.76 bits per heavy atom. The third kappa shape index (κ3) is 6.93. The number of aliphatic hydroxyl groups excluding tert-OH is 1. The molecule has 1 saturated heterocycles. The van der Waals surface area contributed by atoms with Crippen molar-refractivity contribution in [3.05, 3.63) is 45.2 Å². The SMILES string of the molecule is CC1CC=C(C[C@@H](O)CC[C@H]2CCC(=O)N2CCCc2ccc(C(=O)O)s2)C=C1C(F)(F)F. The highest BCUT2D eigenvalue weighted by Crippen LogP contribution is 2.37. The van der Waals surface area contributed by atoms with Crippen LogP contribution in [0.25, 0.3) is 0 Å². The van der Waals surface area contributed by atoms with Gasteiger partial charge in [0.05, 0.1) is 6.10 Å². The first kappa shape index (κ1) is 25.5. The number of likely N-dealkylation sites (tertiary alicyclic amines) is 1. The Kier molecular flexibility index (Phi) is 8.39. The average Bonchev–Trinajstić information content (AvgIpc) is 3.35. The molecule has 0 spiro atoms. The van der Waals surface area contributed by atoms with Crippen LogP contribution < -0.4 is 0 Å². The van der Waals surface area contributed by atoms with Gasteiger partial charge in [-0.25, -0.2) is 4.79 Å². The van der Waals surface area contributed by atoms with Crippen LogP contribution in [0.4, 0.5) is 13.2 Å². The number of hydrogen-bond donors (Lipinski definition) is 2. The monoisotopic (exact) mass is 485 g/mol. The van der Waals surface area contributed by atoms with E-state index in [1.54, 1.807) is 25.1 Å². The van der Waals surface area contributed by atoms with Gasteiger partial charge in [-0.1, -0.05) is 19.1 Å². The standard InChI is InChI=1S/C24H30F3NO4S/c1-15-4-5-16(14-20(15)24(25,26)27)13-18(29)8-6-17-7-11-22(30)28(17)12-2-3-19-9-10-21(33-19)23(31)32/h5,9-10,14-15,17-18,29H,2-4,6-8,11-13H2,1H3,(H,31,32)/t15?,17-,18-/m0/s1. The van der Waals surface area contributed by atoms with Gasteiger partial charge in [0, 0.05) is 29.5 Å². The quantitative estimate of drug-likeness (QED) is 0.468. The number of thiophene rings is 1. The number of amides is 1. The van der Waals surface area contributed by atoms with Gasteiger partial charge in [0.25, 0.3) is 0 Å². The van der Waals surface area contributed by atoms with E-state index in [0.717, 1.165) is 11.3 Å². The number of nitrogens with zero attached hydrogens (tertiary/aromatic N) is 1. The lowest BCUT2D eigenvalue weighted by Crippen LogP contribution is -2.34. The molecule has 2 aliphatic rings. The van der Waals surface area contributed by atoms with Crippen molar-refractivity contribution in [1.82, 2.24) is 4.90 Å². The van der Waals surface area contributed by atoms with E-state index in [1.807, 2.05) is 4.90 Å². The van der Waals surface area contributed by atoms with Gasteiger partial charge in [-0.05, 0) is 68.6 Å². The number of carboxylic acid groups (broad SMARTS) is 1. The number of carboxylic acids is 1. The summed E-state index contributed by atoms with van der Waals surface area (Å²) in [4.78, 5) is 26.4. The number of carbonyl (C=O) groups excluding carboxylic acids is 1. The molecule has 3 atom stereocenters. The molecule has 0 radical (unpaired) electrons. The van der Waals surface area contributed by atoms with Crippen molar-refractivity contribution in [2.24, 2.45) is 5.92 Å². The van der Waals surface area contributed by atoms with E-state index < -0.39 is 29.7 Å². The Balaban J connectivity index is 1.46. The molecule has 1 aromatic heterocycles. The Morgan fingerprint density at radius 1 is 1.33 bits per heavy atom. The number of allylic oxidation sites excluding steroid dienone is 3. The van der Waals surface area contributed by atoms with Crippen molar-refractivity contribution in [2.45, 2.75) is 76.6 Å². The number of hydrogen-bond acceptors (Lipinski definition) is 4. The van der Waals surface area contributed by atoms with Gasteiger partial charge in [-0.2, -0.15) is 13.2 Å². The molecule has 3 rings (SSSR count). The number of alkyl halides is 3. The number of rotatable bonds is 10. The normalized spacial score (nSPS) is 22.3. The molecule has 0 bridgehead atoms. The van der Waals surface area contributed by atoms with E-state index in [-0.39, 0.29) is 18.4 Å². The van der Waals surface area contributed by atoms with Gasteiger partial charge < -0.3 is 15.1 Å². The molecule has 0 saturated carbocycles. The summed E-state index contributed by atoms with van der Waals surface area (Å²) in [6.45, 7) is 2.12. The maximum Gasteiger partial charge on any atom is 0.412 e. The van der Waals surface area contributed by atoms with Gasteiger partial charge in [0.2, 0.25) is 5.91 Å². The molecular formula is C24H30F3NO4S. The van der Waals surface area contributed by atoms with Gasteiger partial charge in [-0.3, -0.25) is 4.79 Å². The first-order chi connectivity index (χ1) is 15.5. The fourth-order valence-electron chi connectivity index (χ4n) is 4.57. The summed E-state index contributed by atoms with van der Waals surface area (Å²) >= 11 is 1.24. The maximum atomic E-state index is 13.2. The molecular weight excluding hydrogens is 455 g/mol. The van der Waals surface area contributed by atoms with E-state index in [1.165, 1.54) is 17.4 Å². The lowest BCUT2D eigenvalue weighted by atomic mass is 9.87. The summed E-state index contributed by atoms with van der Waals surface area (Å²) in [6, 6.07) is 3.40. The Morgan fingerprint density at radius 2 is 2.09 bits per heavy atom.